The summed E-state index contributed by atoms with van der Waals surface area (Å²) in [6.07, 6.45) is 7.97. The summed E-state index contributed by atoms with van der Waals surface area (Å²) in [5.74, 6) is 1.55. The molecule has 4 heteroatoms. The van der Waals surface area contributed by atoms with Crippen molar-refractivity contribution < 1.29 is 0 Å². The Morgan fingerprint density at radius 2 is 2.11 bits per heavy atom. The van der Waals surface area contributed by atoms with Gasteiger partial charge >= 0.3 is 0 Å². The third-order valence-electron chi connectivity index (χ3n) is 3.64. The molecular weight excluding hydrogens is 224 g/mol. The molecular formula is C14H20N4. The van der Waals surface area contributed by atoms with Crippen LogP contribution in [0.5, 0.6) is 0 Å². The van der Waals surface area contributed by atoms with Crippen LogP contribution in [0.15, 0.2) is 6.20 Å². The summed E-state index contributed by atoms with van der Waals surface area (Å²) in [5.41, 5.74) is 0.591. The van der Waals surface area contributed by atoms with E-state index in [0.717, 1.165) is 18.2 Å². The summed E-state index contributed by atoms with van der Waals surface area (Å²) >= 11 is 0. The Bertz CT molecular complexity index is 444. The van der Waals surface area contributed by atoms with Gasteiger partial charge in [-0.15, -0.1) is 0 Å². The second kappa shape index (κ2) is 5.81. The summed E-state index contributed by atoms with van der Waals surface area (Å²) in [6, 6.07) is 2.74. The van der Waals surface area contributed by atoms with Gasteiger partial charge < -0.3 is 4.90 Å². The van der Waals surface area contributed by atoms with Crippen molar-refractivity contribution in [3.8, 4) is 6.07 Å². The first-order valence-electron chi connectivity index (χ1n) is 6.76. The minimum atomic E-state index is 0.533. The molecule has 0 N–H and O–H groups in total. The van der Waals surface area contributed by atoms with Crippen LogP contribution in [0.4, 0.5) is 5.82 Å². The Morgan fingerprint density at radius 3 is 2.72 bits per heavy atom. The average molecular weight is 244 g/mol. The Morgan fingerprint density at radius 1 is 1.39 bits per heavy atom. The van der Waals surface area contributed by atoms with E-state index in [1.54, 1.807) is 6.20 Å². The van der Waals surface area contributed by atoms with Crippen LogP contribution in [0.3, 0.4) is 0 Å². The number of nitrogens with zero attached hydrogens (tertiary/aromatic N) is 4. The summed E-state index contributed by atoms with van der Waals surface area (Å²) in [4.78, 5) is 10.9. The smallest absolute Gasteiger partial charge is 0.150 e. The maximum absolute atomic E-state index is 9.20. The Hall–Kier alpha value is -1.63. The first-order chi connectivity index (χ1) is 8.76. The summed E-state index contributed by atoms with van der Waals surface area (Å²) in [6.45, 7) is 4.91. The predicted molar refractivity (Wildman–Crippen MR) is 71.4 cm³/mol. The fourth-order valence-electron chi connectivity index (χ4n) is 2.73. The van der Waals surface area contributed by atoms with E-state index in [0.29, 0.717) is 11.6 Å². The van der Waals surface area contributed by atoms with E-state index in [-0.39, 0.29) is 0 Å². The van der Waals surface area contributed by atoms with Crippen LogP contribution >= 0.6 is 0 Å². The zero-order valence-electron chi connectivity index (χ0n) is 11.2. The number of hydrogen-bond donors (Lipinski definition) is 0. The van der Waals surface area contributed by atoms with Gasteiger partial charge in [0.05, 0.1) is 6.20 Å². The summed E-state index contributed by atoms with van der Waals surface area (Å²) < 4.78 is 0. The zero-order chi connectivity index (χ0) is 13.0. The highest BCUT2D eigenvalue weighted by Gasteiger charge is 2.23. The standard InChI is InChI=1S/C14H20N4/c1-3-18(13-7-5-4-6-8-13)14-12(9-15)10-16-11(2)17-14/h10,13H,3-8H2,1-2H3. The van der Waals surface area contributed by atoms with Gasteiger partial charge in [-0.1, -0.05) is 19.3 Å². The maximum Gasteiger partial charge on any atom is 0.150 e. The van der Waals surface area contributed by atoms with Gasteiger partial charge in [0.15, 0.2) is 5.82 Å². The molecule has 0 amide bonds. The van der Waals surface area contributed by atoms with E-state index >= 15 is 0 Å². The lowest BCUT2D eigenvalue weighted by Crippen LogP contribution is -2.38. The lowest BCUT2D eigenvalue weighted by molar-refractivity contribution is 0.416. The van der Waals surface area contributed by atoms with E-state index in [2.05, 4.69) is 27.9 Å². The molecule has 1 saturated carbocycles. The Kier molecular flexibility index (Phi) is 4.14. The largest absolute Gasteiger partial charge is 0.353 e. The number of anilines is 1. The minimum absolute atomic E-state index is 0.533. The van der Waals surface area contributed by atoms with Crippen LogP contribution in [0.25, 0.3) is 0 Å². The van der Waals surface area contributed by atoms with Gasteiger partial charge in [-0.05, 0) is 26.7 Å². The Balaban J connectivity index is 2.31. The van der Waals surface area contributed by atoms with Gasteiger partial charge in [0.25, 0.3) is 0 Å². The third kappa shape index (κ3) is 2.61. The molecule has 2 rings (SSSR count). The quantitative estimate of drug-likeness (QED) is 0.820. The Labute approximate surface area is 109 Å². The maximum atomic E-state index is 9.20. The highest BCUT2D eigenvalue weighted by molar-refractivity contribution is 5.53. The average Bonchev–Trinajstić information content (AvgIpc) is 2.41. The van der Waals surface area contributed by atoms with E-state index in [1.165, 1.54) is 32.1 Å². The molecule has 1 aromatic heterocycles. The van der Waals surface area contributed by atoms with E-state index < -0.39 is 0 Å². The first-order valence-corrected chi connectivity index (χ1v) is 6.76. The van der Waals surface area contributed by atoms with Crippen molar-refractivity contribution in [3.05, 3.63) is 17.6 Å². The summed E-state index contributed by atoms with van der Waals surface area (Å²) in [5, 5.41) is 9.20. The number of aromatic nitrogens is 2. The van der Waals surface area contributed by atoms with Gasteiger partial charge in [-0.3, -0.25) is 0 Å². The van der Waals surface area contributed by atoms with Crippen molar-refractivity contribution in [1.29, 1.82) is 5.26 Å². The van der Waals surface area contributed by atoms with E-state index in [9.17, 15) is 5.26 Å². The van der Waals surface area contributed by atoms with E-state index in [4.69, 9.17) is 0 Å². The first kappa shape index (κ1) is 12.8. The van der Waals surface area contributed by atoms with Crippen molar-refractivity contribution in [2.75, 3.05) is 11.4 Å². The van der Waals surface area contributed by atoms with Gasteiger partial charge in [0.2, 0.25) is 0 Å². The second-order valence-corrected chi connectivity index (χ2v) is 4.84. The molecule has 0 spiro atoms. The highest BCUT2D eigenvalue weighted by Crippen LogP contribution is 2.27. The van der Waals surface area contributed by atoms with E-state index in [1.807, 2.05) is 6.92 Å². The fraction of sp³-hybridized carbons (Fsp3) is 0.643. The van der Waals surface area contributed by atoms with Gasteiger partial charge in [-0.25, -0.2) is 9.97 Å². The molecule has 1 aliphatic rings. The highest BCUT2D eigenvalue weighted by atomic mass is 15.2. The molecule has 1 fully saturated rings. The molecule has 18 heavy (non-hydrogen) atoms. The molecule has 0 radical (unpaired) electrons. The molecule has 0 aliphatic heterocycles. The van der Waals surface area contributed by atoms with Gasteiger partial charge in [0, 0.05) is 12.6 Å². The second-order valence-electron chi connectivity index (χ2n) is 4.84. The molecule has 1 aliphatic carbocycles. The van der Waals surface area contributed by atoms with Crippen molar-refractivity contribution in [1.82, 2.24) is 9.97 Å². The van der Waals surface area contributed by atoms with Crippen molar-refractivity contribution in [2.45, 2.75) is 52.0 Å². The zero-order valence-corrected chi connectivity index (χ0v) is 11.2. The number of nitriles is 1. The van der Waals surface area contributed by atoms with Crippen LogP contribution < -0.4 is 4.90 Å². The van der Waals surface area contributed by atoms with Crippen LogP contribution in [-0.2, 0) is 0 Å². The lowest BCUT2D eigenvalue weighted by atomic mass is 9.94. The third-order valence-corrected chi connectivity index (χ3v) is 3.64. The minimum Gasteiger partial charge on any atom is -0.353 e. The SMILES string of the molecule is CCN(c1nc(C)ncc1C#N)C1CCCCC1. The van der Waals surface area contributed by atoms with Crippen LogP contribution in [0, 0.1) is 18.3 Å². The molecule has 1 heterocycles. The number of aryl methyl sites for hydroxylation is 1. The van der Waals surface area contributed by atoms with Crippen molar-refractivity contribution in [3.63, 3.8) is 0 Å². The molecule has 1 aromatic rings. The molecule has 96 valence electrons. The predicted octanol–water partition coefficient (Wildman–Crippen LogP) is 2.82. The van der Waals surface area contributed by atoms with Gasteiger partial charge in [0.1, 0.15) is 17.5 Å². The van der Waals surface area contributed by atoms with Crippen molar-refractivity contribution >= 4 is 5.82 Å². The molecule has 0 bridgehead atoms. The van der Waals surface area contributed by atoms with Crippen LogP contribution in [-0.4, -0.2) is 22.6 Å². The molecule has 0 unspecified atom stereocenters. The normalized spacial score (nSPS) is 16.3. The van der Waals surface area contributed by atoms with Crippen molar-refractivity contribution in [2.24, 2.45) is 0 Å². The number of rotatable bonds is 3. The van der Waals surface area contributed by atoms with Crippen LogP contribution in [0.2, 0.25) is 0 Å². The molecule has 0 saturated heterocycles. The molecule has 0 aromatic carbocycles. The topological polar surface area (TPSA) is 52.8 Å². The van der Waals surface area contributed by atoms with Gasteiger partial charge in [-0.2, -0.15) is 5.26 Å². The summed E-state index contributed by atoms with van der Waals surface area (Å²) in [7, 11) is 0. The monoisotopic (exact) mass is 244 g/mol. The molecule has 0 atom stereocenters. The lowest BCUT2D eigenvalue weighted by Gasteiger charge is -2.34. The number of hydrogen-bond acceptors (Lipinski definition) is 4. The fourth-order valence-corrected chi connectivity index (χ4v) is 2.73. The van der Waals surface area contributed by atoms with Crippen LogP contribution in [0.1, 0.15) is 50.4 Å². The molecule has 4 nitrogen and oxygen atoms in total.